The van der Waals surface area contributed by atoms with Gasteiger partial charge in [-0.3, -0.25) is 0 Å². The zero-order chi connectivity index (χ0) is 29.7. The second kappa shape index (κ2) is 12.6. The molecule has 4 aromatic carbocycles. The first-order chi connectivity index (χ1) is 20.2. The maximum absolute atomic E-state index is 12.9. The number of nitrogens with two attached hydrogens (primary N) is 1. The molecule has 0 heterocycles. The predicted molar refractivity (Wildman–Crippen MR) is 161 cm³/mol. The van der Waals surface area contributed by atoms with Crippen molar-refractivity contribution < 1.29 is 27.9 Å². The van der Waals surface area contributed by atoms with Crippen molar-refractivity contribution in [3.05, 3.63) is 112 Å². The Kier molecular flexibility index (Phi) is 8.75. The summed E-state index contributed by atoms with van der Waals surface area (Å²) in [5.41, 5.74) is 10.5. The van der Waals surface area contributed by atoms with Crippen molar-refractivity contribution in [2.24, 2.45) is 10.9 Å². The van der Waals surface area contributed by atoms with E-state index < -0.39 is 16.0 Å². The minimum absolute atomic E-state index is 0.0261. The smallest absolute Gasteiger partial charge is 0.337 e. The number of methoxy groups -OCH3 is 1. The maximum atomic E-state index is 12.9. The first-order valence-corrected chi connectivity index (χ1v) is 15.3. The van der Waals surface area contributed by atoms with Gasteiger partial charge in [0.25, 0.3) is 0 Å². The van der Waals surface area contributed by atoms with Crippen LogP contribution in [0, 0.1) is 0 Å². The van der Waals surface area contributed by atoms with Gasteiger partial charge in [0.1, 0.15) is 12.4 Å². The molecule has 42 heavy (non-hydrogen) atoms. The molecule has 0 fully saturated rings. The molecule has 0 bridgehead atoms. The van der Waals surface area contributed by atoms with Gasteiger partial charge in [0, 0.05) is 12.1 Å². The summed E-state index contributed by atoms with van der Waals surface area (Å²) < 4.78 is 39.5. The third-order valence-corrected chi connectivity index (χ3v) is 8.84. The average molecular weight is 588 g/mol. The summed E-state index contributed by atoms with van der Waals surface area (Å²) in [6.45, 7) is 0.659. The molecule has 5 rings (SSSR count). The lowest BCUT2D eigenvalue weighted by atomic mass is 9.83. The molecule has 9 nitrogen and oxygen atoms in total. The fraction of sp³-hybridized carbons (Fsp3) is 0.250. The highest BCUT2D eigenvalue weighted by molar-refractivity contribution is 7.88. The van der Waals surface area contributed by atoms with Crippen LogP contribution in [0.1, 0.15) is 56.9 Å². The number of esters is 1. The standard InChI is InChI=1S/C32H33N3O6S/c1-40-32(36)27-6-2-4-22(15-27)20-42(38,39)34-18-28-7-3-5-23-12-13-29(17-30(23)28)41-19-21-8-9-25-16-26(31(33)35-37)11-10-24(25)14-21/h2,4,6,8-17,28,34,37H,3,5,7,18-20H2,1H3,(H2,33,35). The number of fused-ring (bicyclic) bond motifs is 2. The summed E-state index contributed by atoms with van der Waals surface area (Å²) >= 11 is 0. The van der Waals surface area contributed by atoms with Crippen LogP contribution in [0.4, 0.5) is 0 Å². The minimum atomic E-state index is -3.63. The third-order valence-electron chi connectivity index (χ3n) is 7.52. The Bertz CT molecular complexity index is 1750. The normalized spacial score (nSPS) is 15.3. The fourth-order valence-corrected chi connectivity index (χ4v) is 6.53. The van der Waals surface area contributed by atoms with Gasteiger partial charge < -0.3 is 20.4 Å². The van der Waals surface area contributed by atoms with Crippen LogP contribution >= 0.6 is 0 Å². The molecule has 0 amide bonds. The van der Waals surface area contributed by atoms with Crippen LogP contribution in [0.15, 0.2) is 84.0 Å². The molecule has 1 aliphatic rings. The van der Waals surface area contributed by atoms with E-state index >= 15 is 0 Å². The second-order valence-corrected chi connectivity index (χ2v) is 12.2. The molecule has 218 valence electrons. The number of nitrogens with one attached hydrogen (secondary N) is 1. The lowest BCUT2D eigenvalue weighted by Crippen LogP contribution is -2.31. The predicted octanol–water partition coefficient (Wildman–Crippen LogP) is 4.84. The topological polar surface area (TPSA) is 140 Å². The highest BCUT2D eigenvalue weighted by Crippen LogP contribution is 2.34. The number of hydrogen-bond donors (Lipinski definition) is 3. The molecule has 4 N–H and O–H groups in total. The Morgan fingerprint density at radius 3 is 2.62 bits per heavy atom. The van der Waals surface area contributed by atoms with E-state index in [0.29, 0.717) is 23.3 Å². The highest BCUT2D eigenvalue weighted by Gasteiger charge is 2.23. The van der Waals surface area contributed by atoms with Crippen molar-refractivity contribution in [1.82, 2.24) is 4.72 Å². The van der Waals surface area contributed by atoms with E-state index in [2.05, 4.69) is 15.9 Å². The Morgan fingerprint density at radius 1 is 1.00 bits per heavy atom. The van der Waals surface area contributed by atoms with Crippen molar-refractivity contribution in [2.45, 2.75) is 37.5 Å². The number of ether oxygens (including phenoxy) is 2. The van der Waals surface area contributed by atoms with Gasteiger partial charge in [0.15, 0.2) is 5.84 Å². The van der Waals surface area contributed by atoms with Crippen molar-refractivity contribution in [3.8, 4) is 5.75 Å². The van der Waals surface area contributed by atoms with Gasteiger partial charge in [-0.1, -0.05) is 47.6 Å². The van der Waals surface area contributed by atoms with Crippen LogP contribution in [-0.4, -0.2) is 39.1 Å². The number of nitrogens with zero attached hydrogens (tertiary/aromatic N) is 1. The van der Waals surface area contributed by atoms with Crippen molar-refractivity contribution in [3.63, 3.8) is 0 Å². The quantitative estimate of drug-likeness (QED) is 0.0793. The first kappa shape index (κ1) is 29.1. The van der Waals surface area contributed by atoms with E-state index in [0.717, 1.165) is 46.9 Å². The van der Waals surface area contributed by atoms with Gasteiger partial charge in [-0.25, -0.2) is 17.9 Å². The van der Waals surface area contributed by atoms with Crippen molar-refractivity contribution in [1.29, 1.82) is 0 Å². The molecular weight excluding hydrogens is 554 g/mol. The van der Waals surface area contributed by atoms with Gasteiger partial charge >= 0.3 is 5.97 Å². The van der Waals surface area contributed by atoms with Crippen molar-refractivity contribution >= 4 is 32.6 Å². The zero-order valence-electron chi connectivity index (χ0n) is 23.2. The molecule has 0 radical (unpaired) electrons. The number of rotatable bonds is 10. The summed E-state index contributed by atoms with van der Waals surface area (Å²) in [6, 6.07) is 24.1. The number of benzene rings is 4. The van der Waals surface area contributed by atoms with Crippen LogP contribution in [0.3, 0.4) is 0 Å². The van der Waals surface area contributed by atoms with Gasteiger partial charge in [-0.2, -0.15) is 0 Å². The SMILES string of the molecule is COC(=O)c1cccc(CS(=O)(=O)NCC2CCCc3ccc(OCc4ccc5cc(C(N)=NO)ccc5c4)cc32)c1. The third kappa shape index (κ3) is 6.89. The molecule has 0 saturated carbocycles. The number of aryl methyl sites for hydroxylation is 1. The molecule has 1 unspecified atom stereocenters. The molecule has 1 atom stereocenters. The van der Waals surface area contributed by atoms with E-state index in [1.807, 2.05) is 42.5 Å². The number of oxime groups is 1. The largest absolute Gasteiger partial charge is 0.489 e. The Hall–Kier alpha value is -4.41. The number of sulfonamides is 1. The van der Waals surface area contributed by atoms with E-state index in [-0.39, 0.29) is 24.1 Å². The van der Waals surface area contributed by atoms with E-state index in [1.54, 1.807) is 30.3 Å². The van der Waals surface area contributed by atoms with Crippen LogP contribution in [0.2, 0.25) is 0 Å². The average Bonchev–Trinajstić information content (AvgIpc) is 3.01. The Balaban J connectivity index is 1.24. The lowest BCUT2D eigenvalue weighted by molar-refractivity contribution is 0.0600. The summed E-state index contributed by atoms with van der Waals surface area (Å²) in [7, 11) is -2.34. The van der Waals surface area contributed by atoms with E-state index in [9.17, 15) is 13.2 Å². The molecule has 10 heteroatoms. The number of hydrogen-bond acceptors (Lipinski definition) is 7. The summed E-state index contributed by atoms with van der Waals surface area (Å²) in [5, 5.41) is 14.0. The Labute approximate surface area is 245 Å². The van der Waals surface area contributed by atoms with Crippen LogP contribution in [0.5, 0.6) is 5.75 Å². The van der Waals surface area contributed by atoms with Gasteiger partial charge in [0.2, 0.25) is 10.0 Å². The van der Waals surface area contributed by atoms with Gasteiger partial charge in [-0.15, -0.1) is 0 Å². The molecule has 0 saturated heterocycles. The van der Waals surface area contributed by atoms with E-state index in [1.165, 1.54) is 12.7 Å². The molecule has 0 aromatic heterocycles. The minimum Gasteiger partial charge on any atom is -0.489 e. The first-order valence-electron chi connectivity index (χ1n) is 13.7. The fourth-order valence-electron chi connectivity index (χ4n) is 5.35. The lowest BCUT2D eigenvalue weighted by Gasteiger charge is -2.26. The van der Waals surface area contributed by atoms with Crippen LogP contribution in [-0.2, 0) is 33.5 Å². The number of carbonyl (C=O) groups excluding carboxylic acids is 1. The maximum Gasteiger partial charge on any atom is 0.337 e. The molecule has 0 spiro atoms. The molecule has 1 aliphatic carbocycles. The van der Waals surface area contributed by atoms with Crippen LogP contribution in [0.25, 0.3) is 10.8 Å². The second-order valence-electron chi connectivity index (χ2n) is 10.4. The zero-order valence-corrected chi connectivity index (χ0v) is 24.1. The number of carbonyl (C=O) groups is 1. The summed E-state index contributed by atoms with van der Waals surface area (Å²) in [5.74, 6) is 0.0845. The monoisotopic (exact) mass is 587 g/mol. The van der Waals surface area contributed by atoms with Gasteiger partial charge in [0.05, 0.1) is 18.4 Å². The summed E-state index contributed by atoms with van der Waals surface area (Å²) in [6.07, 6.45) is 2.79. The Morgan fingerprint density at radius 2 is 1.81 bits per heavy atom. The highest BCUT2D eigenvalue weighted by atomic mass is 32.2. The van der Waals surface area contributed by atoms with Crippen molar-refractivity contribution in [2.75, 3.05) is 13.7 Å². The molecular formula is C32H33N3O6S. The number of amidine groups is 1. The van der Waals surface area contributed by atoms with Gasteiger partial charge in [-0.05, 0) is 94.6 Å². The van der Waals surface area contributed by atoms with E-state index in [4.69, 9.17) is 20.4 Å². The molecule has 4 aromatic rings. The summed E-state index contributed by atoms with van der Waals surface area (Å²) in [4.78, 5) is 11.8. The molecule has 0 aliphatic heterocycles. The van der Waals surface area contributed by atoms with Crippen LogP contribution < -0.4 is 15.2 Å².